The summed E-state index contributed by atoms with van der Waals surface area (Å²) >= 11 is 9.22. The van der Waals surface area contributed by atoms with Gasteiger partial charge in [0.25, 0.3) is 0 Å². The molecular formula is C11H9BrClN3O3. The Morgan fingerprint density at radius 1 is 1.53 bits per heavy atom. The Kier molecular flexibility index (Phi) is 3.88. The van der Waals surface area contributed by atoms with E-state index in [1.807, 2.05) is 0 Å². The van der Waals surface area contributed by atoms with Crippen molar-refractivity contribution >= 4 is 33.5 Å². The summed E-state index contributed by atoms with van der Waals surface area (Å²) < 4.78 is 1.92. The Morgan fingerprint density at radius 3 is 2.79 bits per heavy atom. The highest BCUT2D eigenvalue weighted by Gasteiger charge is 2.40. The second-order valence-electron chi connectivity index (χ2n) is 3.88. The zero-order valence-electron chi connectivity index (χ0n) is 9.49. The van der Waals surface area contributed by atoms with Crippen molar-refractivity contribution in [1.82, 2.24) is 14.8 Å². The number of halogens is 2. The number of carbonyl (C=O) groups is 1. The quantitative estimate of drug-likeness (QED) is 0.879. The number of aliphatic carboxylic acids is 1. The molecular weight excluding hydrogens is 337 g/mol. The molecule has 0 saturated carbocycles. The average Bonchev–Trinajstić information content (AvgIpc) is 2.81. The second-order valence-corrected chi connectivity index (χ2v) is 5.21. The highest BCUT2D eigenvalue weighted by molar-refractivity contribution is 9.10. The fraction of sp³-hybridized carbons (Fsp3) is 0.182. The van der Waals surface area contributed by atoms with E-state index in [0.29, 0.717) is 4.47 Å². The standard InChI is InChI=1S/C11H9BrClN3O3/c12-7-1-2-8(9(13)3-7)11(19,10(17)18)4-16-6-14-5-15-16/h1-3,5-6,19H,4H2,(H,17,18). The lowest BCUT2D eigenvalue weighted by molar-refractivity contribution is -0.161. The summed E-state index contributed by atoms with van der Waals surface area (Å²) in [6.07, 6.45) is 2.58. The van der Waals surface area contributed by atoms with Crippen LogP contribution in [0.4, 0.5) is 0 Å². The molecule has 2 aromatic rings. The topological polar surface area (TPSA) is 88.2 Å². The minimum Gasteiger partial charge on any atom is -0.479 e. The van der Waals surface area contributed by atoms with E-state index in [1.54, 1.807) is 6.07 Å². The number of benzene rings is 1. The molecule has 0 amide bonds. The van der Waals surface area contributed by atoms with Gasteiger partial charge in [-0.2, -0.15) is 5.10 Å². The zero-order chi connectivity index (χ0) is 14.0. The molecule has 1 aromatic carbocycles. The molecule has 0 spiro atoms. The second kappa shape index (κ2) is 5.28. The van der Waals surface area contributed by atoms with Crippen LogP contribution in [0.15, 0.2) is 35.3 Å². The van der Waals surface area contributed by atoms with Crippen molar-refractivity contribution < 1.29 is 15.0 Å². The van der Waals surface area contributed by atoms with E-state index in [-0.39, 0.29) is 17.1 Å². The van der Waals surface area contributed by atoms with Crippen LogP contribution in [-0.2, 0) is 16.9 Å². The predicted molar refractivity (Wildman–Crippen MR) is 70.7 cm³/mol. The van der Waals surface area contributed by atoms with Gasteiger partial charge < -0.3 is 10.2 Å². The lowest BCUT2D eigenvalue weighted by Gasteiger charge is -2.24. The van der Waals surface area contributed by atoms with Gasteiger partial charge in [0.1, 0.15) is 12.7 Å². The minimum absolute atomic E-state index is 0.0976. The van der Waals surface area contributed by atoms with Gasteiger partial charge >= 0.3 is 5.97 Å². The first-order chi connectivity index (χ1) is 8.93. The maximum Gasteiger partial charge on any atom is 0.342 e. The summed E-state index contributed by atoms with van der Waals surface area (Å²) in [4.78, 5) is 15.1. The Morgan fingerprint density at radius 2 is 2.26 bits per heavy atom. The third-order valence-electron chi connectivity index (χ3n) is 2.59. The number of hydrogen-bond acceptors (Lipinski definition) is 4. The average molecular weight is 347 g/mol. The molecule has 2 rings (SSSR count). The molecule has 6 nitrogen and oxygen atoms in total. The van der Waals surface area contributed by atoms with Crippen LogP contribution in [0.2, 0.25) is 5.02 Å². The number of nitrogens with zero attached hydrogens (tertiary/aromatic N) is 3. The lowest BCUT2D eigenvalue weighted by Crippen LogP contribution is -2.40. The molecule has 0 bridgehead atoms. The third kappa shape index (κ3) is 2.78. The van der Waals surface area contributed by atoms with Crippen LogP contribution in [0, 0.1) is 0 Å². The van der Waals surface area contributed by atoms with Gasteiger partial charge in [-0.25, -0.2) is 14.5 Å². The van der Waals surface area contributed by atoms with Crippen LogP contribution in [0.5, 0.6) is 0 Å². The SMILES string of the molecule is O=C(O)C(O)(Cn1cncn1)c1ccc(Br)cc1Cl. The first-order valence-electron chi connectivity index (χ1n) is 5.17. The Balaban J connectivity index is 2.47. The van der Waals surface area contributed by atoms with E-state index in [4.69, 9.17) is 11.6 Å². The molecule has 0 radical (unpaired) electrons. The van der Waals surface area contributed by atoms with Crippen molar-refractivity contribution in [2.24, 2.45) is 0 Å². The Hall–Kier alpha value is -1.44. The van der Waals surface area contributed by atoms with Crippen molar-refractivity contribution in [1.29, 1.82) is 0 Å². The van der Waals surface area contributed by atoms with Crippen molar-refractivity contribution in [3.05, 3.63) is 45.9 Å². The van der Waals surface area contributed by atoms with Crippen LogP contribution in [0.1, 0.15) is 5.56 Å². The lowest BCUT2D eigenvalue weighted by atomic mass is 9.94. The van der Waals surface area contributed by atoms with Gasteiger partial charge in [0, 0.05) is 15.1 Å². The van der Waals surface area contributed by atoms with Gasteiger partial charge in [0.05, 0.1) is 6.54 Å². The number of rotatable bonds is 4. The van der Waals surface area contributed by atoms with Gasteiger partial charge in [0.15, 0.2) is 0 Å². The molecule has 0 aliphatic heterocycles. The molecule has 0 saturated heterocycles. The molecule has 100 valence electrons. The fourth-order valence-electron chi connectivity index (χ4n) is 1.64. The Labute approximate surface area is 121 Å². The third-order valence-corrected chi connectivity index (χ3v) is 3.39. The summed E-state index contributed by atoms with van der Waals surface area (Å²) in [6, 6.07) is 4.58. The largest absolute Gasteiger partial charge is 0.479 e. The zero-order valence-corrected chi connectivity index (χ0v) is 11.8. The van der Waals surface area contributed by atoms with Gasteiger partial charge in [-0.05, 0) is 12.1 Å². The number of aliphatic hydroxyl groups is 1. The minimum atomic E-state index is -2.18. The van der Waals surface area contributed by atoms with Crippen LogP contribution in [-0.4, -0.2) is 30.9 Å². The number of carboxylic acids is 1. The van der Waals surface area contributed by atoms with Crippen molar-refractivity contribution in [2.75, 3.05) is 0 Å². The fourth-order valence-corrected chi connectivity index (χ4v) is 2.47. The van der Waals surface area contributed by atoms with E-state index >= 15 is 0 Å². The van der Waals surface area contributed by atoms with E-state index < -0.39 is 11.6 Å². The smallest absolute Gasteiger partial charge is 0.342 e. The first-order valence-corrected chi connectivity index (χ1v) is 6.34. The van der Waals surface area contributed by atoms with Gasteiger partial charge in [-0.15, -0.1) is 0 Å². The summed E-state index contributed by atoms with van der Waals surface area (Å²) in [5.41, 5.74) is -2.08. The molecule has 0 fully saturated rings. The Bertz CT molecular complexity index is 605. The number of hydrogen-bond donors (Lipinski definition) is 2. The molecule has 1 heterocycles. The molecule has 2 N–H and O–H groups in total. The van der Waals surface area contributed by atoms with E-state index in [9.17, 15) is 15.0 Å². The normalized spacial score (nSPS) is 14.1. The summed E-state index contributed by atoms with van der Waals surface area (Å²) in [5.74, 6) is -1.41. The van der Waals surface area contributed by atoms with Crippen molar-refractivity contribution in [3.8, 4) is 0 Å². The van der Waals surface area contributed by atoms with Crippen LogP contribution in [0.25, 0.3) is 0 Å². The van der Waals surface area contributed by atoms with Crippen LogP contribution in [0.3, 0.4) is 0 Å². The highest BCUT2D eigenvalue weighted by Crippen LogP contribution is 2.32. The predicted octanol–water partition coefficient (Wildman–Crippen LogP) is 1.67. The monoisotopic (exact) mass is 345 g/mol. The maximum absolute atomic E-state index is 11.4. The summed E-state index contributed by atoms with van der Waals surface area (Å²) in [6.45, 7) is -0.288. The van der Waals surface area contributed by atoms with Gasteiger partial charge in [0.2, 0.25) is 5.60 Å². The van der Waals surface area contributed by atoms with Crippen LogP contribution < -0.4 is 0 Å². The summed E-state index contributed by atoms with van der Waals surface area (Å²) in [5, 5.41) is 23.7. The molecule has 1 unspecified atom stereocenters. The van der Waals surface area contributed by atoms with Crippen LogP contribution >= 0.6 is 27.5 Å². The first kappa shape index (κ1) is 14.0. The van der Waals surface area contributed by atoms with Crippen molar-refractivity contribution in [2.45, 2.75) is 12.1 Å². The molecule has 8 heteroatoms. The maximum atomic E-state index is 11.4. The van der Waals surface area contributed by atoms with E-state index in [0.717, 1.165) is 0 Å². The highest BCUT2D eigenvalue weighted by atomic mass is 79.9. The van der Waals surface area contributed by atoms with Gasteiger partial charge in [-0.1, -0.05) is 33.6 Å². The molecule has 0 aliphatic rings. The van der Waals surface area contributed by atoms with Gasteiger partial charge in [-0.3, -0.25) is 0 Å². The van der Waals surface area contributed by atoms with E-state index in [2.05, 4.69) is 26.0 Å². The molecule has 1 atom stereocenters. The summed E-state index contributed by atoms with van der Waals surface area (Å²) in [7, 11) is 0. The number of aromatic nitrogens is 3. The van der Waals surface area contributed by atoms with E-state index in [1.165, 1.54) is 29.5 Å². The molecule has 1 aromatic heterocycles. The van der Waals surface area contributed by atoms with Crippen molar-refractivity contribution in [3.63, 3.8) is 0 Å². The molecule has 0 aliphatic carbocycles. The molecule has 19 heavy (non-hydrogen) atoms. The number of carboxylic acid groups (broad SMARTS) is 1.